The highest BCUT2D eigenvalue weighted by Gasteiger charge is 2.78. The number of aromatic nitrogens is 1. The normalized spacial score (nSPS) is 29.4. The molecular formula is C25H19N3O5S. The Labute approximate surface area is 196 Å². The van der Waals surface area contributed by atoms with Crippen LogP contribution >= 0.6 is 0 Å². The van der Waals surface area contributed by atoms with Crippen LogP contribution < -0.4 is 4.74 Å². The first kappa shape index (κ1) is 22.1. The monoisotopic (exact) mass is 473 g/mol. The smallest absolute Gasteiger partial charge is 0.208 e. The van der Waals surface area contributed by atoms with Crippen LogP contribution in [0.3, 0.4) is 0 Å². The Hall–Kier alpha value is -3.76. The van der Waals surface area contributed by atoms with Gasteiger partial charge < -0.3 is 14.9 Å². The first-order chi connectivity index (χ1) is 16.2. The summed E-state index contributed by atoms with van der Waals surface area (Å²) in [6, 6.07) is 18.4. The Balaban J connectivity index is 1.89. The Bertz CT molecular complexity index is 1480. The Morgan fingerprint density at radius 3 is 2.44 bits per heavy atom. The van der Waals surface area contributed by atoms with Gasteiger partial charge in [-0.2, -0.15) is 5.26 Å². The molecule has 2 N–H and O–H groups in total. The van der Waals surface area contributed by atoms with Crippen LogP contribution in [0.2, 0.25) is 0 Å². The molecule has 2 aliphatic rings. The molecule has 0 unspecified atom stereocenters. The third kappa shape index (κ3) is 2.75. The lowest BCUT2D eigenvalue weighted by Crippen LogP contribution is -2.52. The second-order valence-corrected chi connectivity index (χ2v) is 10.8. The molecule has 1 aromatic heterocycles. The maximum absolute atomic E-state index is 13.1. The highest BCUT2D eigenvalue weighted by atomic mass is 32.2. The molecule has 2 aromatic carbocycles. The zero-order valence-electron chi connectivity index (χ0n) is 18.0. The zero-order valence-corrected chi connectivity index (χ0v) is 18.8. The van der Waals surface area contributed by atoms with Gasteiger partial charge in [0.15, 0.2) is 21.0 Å². The Kier molecular flexibility index (Phi) is 4.78. The van der Waals surface area contributed by atoms with Crippen molar-refractivity contribution < 1.29 is 23.4 Å². The number of nitriles is 1. The summed E-state index contributed by atoms with van der Waals surface area (Å²) < 4.78 is 32.5. The third-order valence-electron chi connectivity index (χ3n) is 6.77. The topological polar surface area (TPSA) is 125 Å². The first-order valence-corrected chi connectivity index (χ1v) is 12.4. The summed E-state index contributed by atoms with van der Waals surface area (Å²) in [6.07, 6.45) is 0.473. The standard InChI is InChI=1S/C25H19N3O5S/c1-27-18-12-19-22(28-14-18)24(30)23(29)21(34(2,31)32)20(16-6-4-3-5-7-16)25(24,33-19)17-10-8-15(13-26)9-11-17/h3-12,14,20-21,23,29-30H,2H3/t20-,21-,23-,24+,25+/m1/s1. The van der Waals surface area contributed by atoms with E-state index in [2.05, 4.69) is 9.83 Å². The van der Waals surface area contributed by atoms with Crippen molar-refractivity contribution >= 4 is 15.5 Å². The molecule has 1 aliphatic carbocycles. The molecule has 170 valence electrons. The second-order valence-electron chi connectivity index (χ2n) is 8.57. The number of nitrogens with zero attached hydrogens (tertiary/aromatic N) is 3. The van der Waals surface area contributed by atoms with Crippen LogP contribution in [0.4, 0.5) is 5.69 Å². The molecule has 0 saturated heterocycles. The molecule has 0 amide bonds. The molecule has 5 rings (SSSR count). The molecule has 2 heterocycles. The maximum Gasteiger partial charge on any atom is 0.208 e. The van der Waals surface area contributed by atoms with E-state index < -0.39 is 38.3 Å². The number of hydrogen-bond acceptors (Lipinski definition) is 7. The van der Waals surface area contributed by atoms with E-state index in [-0.39, 0.29) is 17.1 Å². The van der Waals surface area contributed by atoms with Crippen LogP contribution in [0.15, 0.2) is 66.9 Å². The van der Waals surface area contributed by atoms with Gasteiger partial charge in [0.05, 0.1) is 24.1 Å². The molecule has 0 bridgehead atoms. The Morgan fingerprint density at radius 2 is 1.85 bits per heavy atom. The van der Waals surface area contributed by atoms with Gasteiger partial charge in [-0.15, -0.1) is 0 Å². The highest BCUT2D eigenvalue weighted by Crippen LogP contribution is 2.67. The number of aliphatic hydroxyl groups is 2. The van der Waals surface area contributed by atoms with Gasteiger partial charge in [0.25, 0.3) is 0 Å². The SMILES string of the molecule is [C-]#[N+]c1cnc2c(c1)O[C@@]1(c3ccc(C#N)cc3)[C@H](c3ccccc3)[C@@H](S(C)(=O)=O)[C@@H](O)[C@@]21O. The summed E-state index contributed by atoms with van der Waals surface area (Å²) in [4.78, 5) is 7.61. The van der Waals surface area contributed by atoms with E-state index in [1.54, 1.807) is 42.5 Å². The summed E-state index contributed by atoms with van der Waals surface area (Å²) in [5.74, 6) is -0.950. The van der Waals surface area contributed by atoms with E-state index in [9.17, 15) is 23.9 Å². The fraction of sp³-hybridized carbons (Fsp3) is 0.240. The molecule has 0 radical (unpaired) electrons. The maximum atomic E-state index is 13.1. The molecule has 5 atom stereocenters. The molecule has 3 aromatic rings. The van der Waals surface area contributed by atoms with Crippen molar-refractivity contribution in [3.8, 4) is 11.8 Å². The van der Waals surface area contributed by atoms with E-state index in [0.29, 0.717) is 16.7 Å². The third-order valence-corrected chi connectivity index (χ3v) is 8.29. The molecule has 1 aliphatic heterocycles. The average molecular weight is 474 g/mol. The van der Waals surface area contributed by atoms with E-state index in [0.717, 1.165) is 6.26 Å². The van der Waals surface area contributed by atoms with Crippen LogP contribution in [0.1, 0.15) is 28.3 Å². The van der Waals surface area contributed by atoms with Crippen LogP contribution in [0, 0.1) is 17.9 Å². The largest absolute Gasteiger partial charge is 0.478 e. The van der Waals surface area contributed by atoms with E-state index in [4.69, 9.17) is 11.3 Å². The minimum atomic E-state index is -3.92. The number of hydrogen-bond donors (Lipinski definition) is 2. The number of sulfone groups is 1. The number of fused-ring (bicyclic) bond motifs is 3. The van der Waals surface area contributed by atoms with Crippen LogP contribution in [0.5, 0.6) is 5.75 Å². The van der Waals surface area contributed by atoms with Gasteiger partial charge in [-0.25, -0.2) is 13.3 Å². The second kappa shape index (κ2) is 7.37. The summed E-state index contributed by atoms with van der Waals surface area (Å²) in [5, 5.41) is 31.6. The number of pyridine rings is 1. The summed E-state index contributed by atoms with van der Waals surface area (Å²) in [5.41, 5.74) is -2.66. The fourth-order valence-electron chi connectivity index (χ4n) is 5.42. The van der Waals surface area contributed by atoms with E-state index in [1.165, 1.54) is 24.4 Å². The predicted molar refractivity (Wildman–Crippen MR) is 122 cm³/mol. The Morgan fingerprint density at radius 1 is 1.18 bits per heavy atom. The molecule has 9 heteroatoms. The fourth-order valence-corrected chi connectivity index (χ4v) is 6.92. The van der Waals surface area contributed by atoms with Gasteiger partial charge in [-0.1, -0.05) is 42.5 Å². The van der Waals surface area contributed by atoms with E-state index >= 15 is 0 Å². The van der Waals surface area contributed by atoms with Crippen molar-refractivity contribution in [2.24, 2.45) is 0 Å². The minimum Gasteiger partial charge on any atom is -0.478 e. The molecular weight excluding hydrogens is 454 g/mol. The van der Waals surface area contributed by atoms with Crippen molar-refractivity contribution in [1.29, 1.82) is 5.26 Å². The van der Waals surface area contributed by atoms with Crippen molar-refractivity contribution in [3.05, 3.63) is 101 Å². The van der Waals surface area contributed by atoms with Crippen molar-refractivity contribution in [3.63, 3.8) is 0 Å². The molecule has 0 spiro atoms. The first-order valence-electron chi connectivity index (χ1n) is 10.4. The van der Waals surface area contributed by atoms with Crippen LogP contribution in [-0.4, -0.2) is 41.2 Å². The molecule has 1 saturated carbocycles. The zero-order chi connectivity index (χ0) is 24.3. The van der Waals surface area contributed by atoms with E-state index in [1.807, 2.05) is 6.07 Å². The average Bonchev–Trinajstić information content (AvgIpc) is 3.22. The van der Waals surface area contributed by atoms with Gasteiger partial charge in [-0.3, -0.25) is 4.98 Å². The van der Waals surface area contributed by atoms with Crippen molar-refractivity contribution in [1.82, 2.24) is 4.98 Å². The molecule has 34 heavy (non-hydrogen) atoms. The summed E-state index contributed by atoms with van der Waals surface area (Å²) in [7, 11) is -3.92. The summed E-state index contributed by atoms with van der Waals surface area (Å²) in [6.45, 7) is 7.31. The summed E-state index contributed by atoms with van der Waals surface area (Å²) >= 11 is 0. The lowest BCUT2D eigenvalue weighted by atomic mass is 9.72. The molecule has 1 fully saturated rings. The molecule has 8 nitrogen and oxygen atoms in total. The van der Waals surface area contributed by atoms with Crippen LogP contribution in [0.25, 0.3) is 4.85 Å². The quantitative estimate of drug-likeness (QED) is 0.560. The van der Waals surface area contributed by atoms with Gasteiger partial charge in [0.2, 0.25) is 5.69 Å². The van der Waals surface area contributed by atoms with Gasteiger partial charge in [0.1, 0.15) is 22.8 Å². The highest BCUT2D eigenvalue weighted by molar-refractivity contribution is 7.91. The predicted octanol–water partition coefficient (Wildman–Crippen LogP) is 2.55. The van der Waals surface area contributed by atoms with Gasteiger partial charge >= 0.3 is 0 Å². The minimum absolute atomic E-state index is 0.0381. The number of rotatable bonds is 3. The van der Waals surface area contributed by atoms with Crippen LogP contribution in [-0.2, 0) is 21.0 Å². The number of benzene rings is 2. The number of aliphatic hydroxyl groups excluding tert-OH is 1. The van der Waals surface area contributed by atoms with Gasteiger partial charge in [0, 0.05) is 12.5 Å². The lowest BCUT2D eigenvalue weighted by Gasteiger charge is -2.40. The van der Waals surface area contributed by atoms with Gasteiger partial charge in [-0.05, 0) is 29.3 Å². The lowest BCUT2D eigenvalue weighted by molar-refractivity contribution is -0.150. The van der Waals surface area contributed by atoms with Crippen molar-refractivity contribution in [2.45, 2.75) is 28.5 Å². The number of ether oxygens (including phenoxy) is 1. The van der Waals surface area contributed by atoms with Crippen molar-refractivity contribution in [2.75, 3.05) is 6.26 Å².